The first kappa shape index (κ1) is 12.4. The first-order valence-electron chi connectivity index (χ1n) is 5.33. The summed E-state index contributed by atoms with van der Waals surface area (Å²) in [5.74, 6) is 0.251. The van der Waals surface area contributed by atoms with Gasteiger partial charge in [-0.25, -0.2) is 0 Å². The maximum absolute atomic E-state index is 9.85. The minimum Gasteiger partial charge on any atom is -0.507 e. The predicted octanol–water partition coefficient (Wildman–Crippen LogP) is 2.72. The molecule has 0 aliphatic rings. The van der Waals surface area contributed by atoms with Gasteiger partial charge in [0, 0.05) is 11.4 Å². The van der Waals surface area contributed by atoms with E-state index in [1.165, 1.54) is 17.8 Å². The van der Waals surface area contributed by atoms with Crippen molar-refractivity contribution in [3.8, 4) is 11.5 Å². The maximum atomic E-state index is 9.85. The van der Waals surface area contributed by atoms with Crippen LogP contribution in [-0.2, 0) is 0 Å². The highest BCUT2D eigenvalue weighted by Gasteiger charge is 2.09. The summed E-state index contributed by atoms with van der Waals surface area (Å²) in [4.78, 5) is 1.16. The third-order valence-corrected chi connectivity index (χ3v) is 3.65. The first-order chi connectivity index (χ1) is 8.47. The normalized spacial score (nSPS) is 10.5. The van der Waals surface area contributed by atoms with Crippen molar-refractivity contribution in [2.75, 3.05) is 11.5 Å². The van der Waals surface area contributed by atoms with E-state index in [9.17, 15) is 10.2 Å². The van der Waals surface area contributed by atoms with Gasteiger partial charge in [-0.05, 0) is 42.8 Å². The Morgan fingerprint density at radius 3 is 2.33 bits per heavy atom. The number of anilines is 2. The highest BCUT2D eigenvalue weighted by Crippen LogP contribution is 2.41. The van der Waals surface area contributed by atoms with Gasteiger partial charge in [0.05, 0.1) is 9.79 Å². The van der Waals surface area contributed by atoms with Gasteiger partial charge in [-0.1, -0.05) is 11.8 Å². The topological polar surface area (TPSA) is 92.5 Å². The molecular formula is C13H14N2O2S. The quantitative estimate of drug-likeness (QED) is 0.493. The lowest BCUT2D eigenvalue weighted by molar-refractivity contribution is 0.460. The van der Waals surface area contributed by atoms with E-state index in [0.29, 0.717) is 21.2 Å². The molecule has 0 aliphatic heterocycles. The summed E-state index contributed by atoms with van der Waals surface area (Å²) in [6.45, 7) is 1.82. The Balaban J connectivity index is 2.40. The van der Waals surface area contributed by atoms with Gasteiger partial charge in [0.15, 0.2) is 0 Å². The molecule has 94 valence electrons. The fourth-order valence-corrected chi connectivity index (χ4v) is 2.46. The van der Waals surface area contributed by atoms with Crippen molar-refractivity contribution in [2.24, 2.45) is 0 Å². The minimum atomic E-state index is 0.118. The number of hydrogen-bond donors (Lipinski definition) is 4. The smallest absolute Gasteiger partial charge is 0.129 e. The largest absolute Gasteiger partial charge is 0.507 e. The zero-order valence-electron chi connectivity index (χ0n) is 9.84. The Morgan fingerprint density at radius 2 is 1.61 bits per heavy atom. The number of nitrogen functional groups attached to an aromatic ring is 2. The van der Waals surface area contributed by atoms with E-state index in [0.717, 1.165) is 5.56 Å². The molecule has 18 heavy (non-hydrogen) atoms. The molecule has 4 nitrogen and oxygen atoms in total. The molecule has 2 rings (SSSR count). The van der Waals surface area contributed by atoms with Crippen molar-refractivity contribution in [2.45, 2.75) is 16.7 Å². The highest BCUT2D eigenvalue weighted by molar-refractivity contribution is 7.99. The number of aryl methyl sites for hydroxylation is 1. The second-order valence-corrected chi connectivity index (χ2v) is 5.09. The Hall–Kier alpha value is -2.01. The summed E-state index contributed by atoms with van der Waals surface area (Å²) < 4.78 is 0. The fraction of sp³-hybridized carbons (Fsp3) is 0.0769. The second-order valence-electron chi connectivity index (χ2n) is 4.01. The molecule has 5 heteroatoms. The Kier molecular flexibility index (Phi) is 3.25. The lowest BCUT2D eigenvalue weighted by Gasteiger charge is -2.09. The number of aromatic hydroxyl groups is 2. The number of phenols is 2. The van der Waals surface area contributed by atoms with Gasteiger partial charge in [0.25, 0.3) is 0 Å². The van der Waals surface area contributed by atoms with Crippen molar-refractivity contribution < 1.29 is 10.2 Å². The molecule has 0 amide bonds. The van der Waals surface area contributed by atoms with E-state index < -0.39 is 0 Å². The van der Waals surface area contributed by atoms with E-state index in [2.05, 4.69) is 0 Å². The summed E-state index contributed by atoms with van der Waals surface area (Å²) >= 11 is 1.22. The van der Waals surface area contributed by atoms with Crippen molar-refractivity contribution >= 4 is 23.1 Å². The van der Waals surface area contributed by atoms with E-state index in [4.69, 9.17) is 11.5 Å². The van der Waals surface area contributed by atoms with Gasteiger partial charge >= 0.3 is 0 Å². The Bertz CT molecular complexity index is 600. The number of nitrogens with two attached hydrogens (primary N) is 2. The van der Waals surface area contributed by atoms with Crippen LogP contribution < -0.4 is 11.5 Å². The van der Waals surface area contributed by atoms with Crippen LogP contribution in [-0.4, -0.2) is 10.2 Å². The van der Waals surface area contributed by atoms with Crippen LogP contribution in [0.1, 0.15) is 5.56 Å². The molecule has 0 heterocycles. The number of hydrogen-bond acceptors (Lipinski definition) is 5. The number of benzene rings is 2. The summed E-state index contributed by atoms with van der Waals surface area (Å²) in [6.07, 6.45) is 0. The molecule has 0 spiro atoms. The van der Waals surface area contributed by atoms with Crippen LogP contribution in [0.4, 0.5) is 11.4 Å². The van der Waals surface area contributed by atoms with Gasteiger partial charge in [-0.15, -0.1) is 0 Å². The molecular weight excluding hydrogens is 248 g/mol. The summed E-state index contributed by atoms with van der Waals surface area (Å²) in [5.41, 5.74) is 13.4. The van der Waals surface area contributed by atoms with Crippen molar-refractivity contribution in [3.63, 3.8) is 0 Å². The molecule has 0 atom stereocenters. The molecule has 0 saturated carbocycles. The van der Waals surface area contributed by atoms with Crippen LogP contribution in [0.5, 0.6) is 11.5 Å². The zero-order valence-corrected chi connectivity index (χ0v) is 10.7. The summed E-state index contributed by atoms with van der Waals surface area (Å²) in [6, 6.07) is 8.06. The van der Waals surface area contributed by atoms with E-state index in [1.807, 2.05) is 6.92 Å². The number of rotatable bonds is 2. The Morgan fingerprint density at radius 1 is 0.944 bits per heavy atom. The minimum absolute atomic E-state index is 0.118. The Labute approximate surface area is 109 Å². The van der Waals surface area contributed by atoms with Crippen molar-refractivity contribution in [3.05, 3.63) is 35.9 Å². The molecule has 0 unspecified atom stereocenters. The van der Waals surface area contributed by atoms with Gasteiger partial charge in [-0.3, -0.25) is 0 Å². The SMILES string of the molecule is Cc1cc(O)c(Sc2cc(N)ccc2O)cc1N. The van der Waals surface area contributed by atoms with Crippen LogP contribution in [0, 0.1) is 6.92 Å². The molecule has 2 aromatic rings. The average Bonchev–Trinajstić information content (AvgIpc) is 2.30. The molecule has 2 aromatic carbocycles. The van der Waals surface area contributed by atoms with Gasteiger partial charge in [-0.2, -0.15) is 0 Å². The van der Waals surface area contributed by atoms with Gasteiger partial charge < -0.3 is 21.7 Å². The molecule has 0 bridgehead atoms. The standard InChI is InChI=1S/C13H14N2O2S/c1-7-4-11(17)13(6-9(7)15)18-12-5-8(14)2-3-10(12)16/h2-6,16-17H,14-15H2,1H3. The lowest BCUT2D eigenvalue weighted by atomic mass is 10.2. The second kappa shape index (κ2) is 4.70. The van der Waals surface area contributed by atoms with E-state index in [-0.39, 0.29) is 11.5 Å². The summed E-state index contributed by atoms with van der Waals surface area (Å²) in [7, 11) is 0. The maximum Gasteiger partial charge on any atom is 0.129 e. The molecule has 0 aliphatic carbocycles. The third kappa shape index (κ3) is 2.46. The zero-order chi connectivity index (χ0) is 13.3. The van der Waals surface area contributed by atoms with E-state index >= 15 is 0 Å². The monoisotopic (exact) mass is 262 g/mol. The van der Waals surface area contributed by atoms with Crippen LogP contribution >= 0.6 is 11.8 Å². The molecule has 0 aromatic heterocycles. The van der Waals surface area contributed by atoms with Crippen LogP contribution in [0.25, 0.3) is 0 Å². The molecule has 0 radical (unpaired) electrons. The molecule has 6 N–H and O–H groups in total. The van der Waals surface area contributed by atoms with Crippen molar-refractivity contribution in [1.29, 1.82) is 0 Å². The molecule has 0 fully saturated rings. The average molecular weight is 262 g/mol. The summed E-state index contributed by atoms with van der Waals surface area (Å²) in [5, 5.41) is 19.6. The van der Waals surface area contributed by atoms with Crippen LogP contribution in [0.3, 0.4) is 0 Å². The third-order valence-electron chi connectivity index (χ3n) is 2.55. The van der Waals surface area contributed by atoms with Crippen LogP contribution in [0.2, 0.25) is 0 Å². The predicted molar refractivity (Wildman–Crippen MR) is 73.9 cm³/mol. The van der Waals surface area contributed by atoms with Gasteiger partial charge in [0.2, 0.25) is 0 Å². The number of phenolic OH excluding ortho intramolecular Hbond substituents is 2. The highest BCUT2D eigenvalue weighted by atomic mass is 32.2. The van der Waals surface area contributed by atoms with E-state index in [1.54, 1.807) is 24.3 Å². The van der Waals surface area contributed by atoms with Crippen LogP contribution in [0.15, 0.2) is 40.1 Å². The van der Waals surface area contributed by atoms with Gasteiger partial charge in [0.1, 0.15) is 11.5 Å². The lowest BCUT2D eigenvalue weighted by Crippen LogP contribution is -1.90. The molecule has 0 saturated heterocycles. The first-order valence-corrected chi connectivity index (χ1v) is 6.14. The fourth-order valence-electron chi connectivity index (χ4n) is 1.50. The van der Waals surface area contributed by atoms with Crippen molar-refractivity contribution in [1.82, 2.24) is 0 Å².